The first kappa shape index (κ1) is 73.6. The smallest absolute Gasteiger partial charge is 0.306 e. The molecule has 0 fully saturated rings. The molecule has 0 N–H and O–H groups in total. The van der Waals surface area contributed by atoms with E-state index in [9.17, 15) is 14.4 Å². The summed E-state index contributed by atoms with van der Waals surface area (Å²) in [6.07, 6.45) is 86.1. The molecule has 0 rings (SSSR count). The van der Waals surface area contributed by atoms with Crippen LogP contribution in [0.15, 0.2) is 85.1 Å². The standard InChI is InChI=1S/C71H124O6/c1-4-7-10-13-16-19-22-24-26-27-28-29-30-31-32-33-34-35-36-37-38-39-40-41-42-43-45-46-49-52-55-58-61-64-70(73)76-67-68(66-75-69(72)63-60-57-54-51-48-21-18-15-12-9-6-3)77-71(74)65-62-59-56-53-50-47-44-25-23-20-17-14-11-8-5-2/h7,10,15-16,18-19,24-26,28-29,31-32,44,68H,4-6,8-9,11-14,17,20-23,27,30,33-43,45-67H2,1-3H3/b10-7-,18-15-,19-16-,26-24-,29-28-,32-31-,44-25-. The Morgan fingerprint density at radius 1 is 0.273 bits per heavy atom. The second-order valence-corrected chi connectivity index (χ2v) is 22.0. The minimum Gasteiger partial charge on any atom is -0.462 e. The van der Waals surface area contributed by atoms with Gasteiger partial charge in [-0.15, -0.1) is 0 Å². The van der Waals surface area contributed by atoms with Gasteiger partial charge in [0.05, 0.1) is 0 Å². The molecule has 0 aromatic rings. The normalized spacial score (nSPS) is 12.6. The largest absolute Gasteiger partial charge is 0.462 e. The van der Waals surface area contributed by atoms with Crippen molar-refractivity contribution in [3.8, 4) is 0 Å². The lowest BCUT2D eigenvalue weighted by atomic mass is 10.0. The van der Waals surface area contributed by atoms with Gasteiger partial charge in [0.1, 0.15) is 13.2 Å². The van der Waals surface area contributed by atoms with Crippen LogP contribution in [0.3, 0.4) is 0 Å². The van der Waals surface area contributed by atoms with Crippen molar-refractivity contribution in [2.75, 3.05) is 13.2 Å². The SMILES string of the molecule is CC/C=C\C/C=C\C/C=C\C/C=C\C/C=C\CCCCCCCCCCCCCCCCCCCC(=O)OCC(COC(=O)CCCCCCC/C=C\CCCC)OC(=O)CCCCCCC/C=C\CCCCCCCC. The molecule has 0 aliphatic carbocycles. The summed E-state index contributed by atoms with van der Waals surface area (Å²) in [5.41, 5.74) is 0. The Bertz CT molecular complexity index is 1470. The number of allylic oxidation sites excluding steroid dienone is 14. The summed E-state index contributed by atoms with van der Waals surface area (Å²) in [5.74, 6) is -0.884. The number of carbonyl (C=O) groups is 3. The van der Waals surface area contributed by atoms with Crippen LogP contribution in [0.2, 0.25) is 0 Å². The van der Waals surface area contributed by atoms with Crippen molar-refractivity contribution < 1.29 is 28.6 Å². The monoisotopic (exact) mass is 1070 g/mol. The van der Waals surface area contributed by atoms with E-state index in [4.69, 9.17) is 14.2 Å². The van der Waals surface area contributed by atoms with E-state index in [0.29, 0.717) is 19.3 Å². The van der Waals surface area contributed by atoms with Gasteiger partial charge in [-0.25, -0.2) is 0 Å². The Morgan fingerprint density at radius 2 is 0.519 bits per heavy atom. The number of hydrogen-bond acceptors (Lipinski definition) is 6. The number of unbranched alkanes of at least 4 members (excludes halogenated alkanes) is 35. The van der Waals surface area contributed by atoms with E-state index in [-0.39, 0.29) is 31.1 Å². The van der Waals surface area contributed by atoms with Crippen LogP contribution in [-0.2, 0) is 28.6 Å². The van der Waals surface area contributed by atoms with Gasteiger partial charge in [0.15, 0.2) is 6.10 Å². The van der Waals surface area contributed by atoms with Gasteiger partial charge < -0.3 is 14.2 Å². The van der Waals surface area contributed by atoms with Crippen LogP contribution >= 0.6 is 0 Å². The van der Waals surface area contributed by atoms with E-state index in [0.717, 1.165) is 109 Å². The van der Waals surface area contributed by atoms with E-state index in [1.807, 2.05) is 0 Å². The van der Waals surface area contributed by atoms with Crippen molar-refractivity contribution in [3.63, 3.8) is 0 Å². The maximum Gasteiger partial charge on any atom is 0.306 e. The summed E-state index contributed by atoms with van der Waals surface area (Å²) in [6.45, 7) is 6.50. The molecule has 0 heterocycles. The first-order valence-corrected chi connectivity index (χ1v) is 33.1. The average Bonchev–Trinajstić information content (AvgIpc) is 3.43. The predicted molar refractivity (Wildman–Crippen MR) is 334 cm³/mol. The third-order valence-electron chi connectivity index (χ3n) is 14.4. The molecule has 0 aliphatic heterocycles. The van der Waals surface area contributed by atoms with E-state index in [1.165, 1.54) is 180 Å². The third-order valence-corrected chi connectivity index (χ3v) is 14.4. The second-order valence-electron chi connectivity index (χ2n) is 22.0. The highest BCUT2D eigenvalue weighted by Gasteiger charge is 2.19. The Hall–Kier alpha value is -3.41. The van der Waals surface area contributed by atoms with Crippen molar-refractivity contribution in [2.45, 2.75) is 335 Å². The lowest BCUT2D eigenvalue weighted by Crippen LogP contribution is -2.30. The van der Waals surface area contributed by atoms with Gasteiger partial charge in [0.25, 0.3) is 0 Å². The molecule has 1 atom stereocenters. The van der Waals surface area contributed by atoms with E-state index in [2.05, 4.69) is 106 Å². The minimum absolute atomic E-state index is 0.0788. The minimum atomic E-state index is -0.782. The summed E-state index contributed by atoms with van der Waals surface area (Å²) >= 11 is 0. The van der Waals surface area contributed by atoms with Crippen LogP contribution in [-0.4, -0.2) is 37.2 Å². The van der Waals surface area contributed by atoms with Crippen LogP contribution < -0.4 is 0 Å². The molecule has 0 aromatic carbocycles. The van der Waals surface area contributed by atoms with Crippen LogP contribution in [0.1, 0.15) is 329 Å². The van der Waals surface area contributed by atoms with Gasteiger partial charge in [-0.05, 0) is 109 Å². The maximum atomic E-state index is 12.9. The maximum absolute atomic E-state index is 12.9. The van der Waals surface area contributed by atoms with Crippen molar-refractivity contribution in [1.82, 2.24) is 0 Å². The van der Waals surface area contributed by atoms with E-state index >= 15 is 0 Å². The molecule has 0 radical (unpaired) electrons. The zero-order valence-electron chi connectivity index (χ0n) is 51.0. The lowest BCUT2D eigenvalue weighted by Gasteiger charge is -2.18. The third kappa shape index (κ3) is 63.3. The molecule has 6 nitrogen and oxygen atoms in total. The molecule has 0 spiro atoms. The summed E-state index contributed by atoms with van der Waals surface area (Å²) < 4.78 is 16.9. The van der Waals surface area contributed by atoms with Gasteiger partial charge >= 0.3 is 17.9 Å². The number of esters is 3. The molecule has 0 aliphatic rings. The Morgan fingerprint density at radius 3 is 0.844 bits per heavy atom. The number of hydrogen-bond donors (Lipinski definition) is 0. The fraction of sp³-hybridized carbons (Fsp3) is 0.761. The van der Waals surface area contributed by atoms with Crippen LogP contribution in [0.4, 0.5) is 0 Å². The highest BCUT2D eigenvalue weighted by molar-refractivity contribution is 5.71. The second kappa shape index (κ2) is 65.1. The Balaban J connectivity index is 4.11. The number of rotatable bonds is 60. The van der Waals surface area contributed by atoms with Gasteiger partial charge in [-0.2, -0.15) is 0 Å². The molecule has 0 amide bonds. The number of carbonyl (C=O) groups excluding carboxylic acids is 3. The predicted octanol–water partition coefficient (Wildman–Crippen LogP) is 22.7. The topological polar surface area (TPSA) is 78.9 Å². The van der Waals surface area contributed by atoms with Gasteiger partial charge in [0, 0.05) is 19.3 Å². The van der Waals surface area contributed by atoms with Crippen LogP contribution in [0.25, 0.3) is 0 Å². The quantitative estimate of drug-likeness (QED) is 0.0261. The Kier molecular flexibility index (Phi) is 62.2. The molecule has 6 heteroatoms. The van der Waals surface area contributed by atoms with Gasteiger partial charge in [-0.3, -0.25) is 14.4 Å². The fourth-order valence-corrected chi connectivity index (χ4v) is 9.39. The van der Waals surface area contributed by atoms with Gasteiger partial charge in [-0.1, -0.05) is 286 Å². The highest BCUT2D eigenvalue weighted by Crippen LogP contribution is 2.17. The summed E-state index contributed by atoms with van der Waals surface area (Å²) in [4.78, 5) is 38.2. The lowest BCUT2D eigenvalue weighted by molar-refractivity contribution is -0.167. The molecular formula is C71H124O6. The van der Waals surface area contributed by atoms with Crippen molar-refractivity contribution in [2.24, 2.45) is 0 Å². The molecule has 77 heavy (non-hydrogen) atoms. The molecule has 1 unspecified atom stereocenters. The van der Waals surface area contributed by atoms with E-state index in [1.54, 1.807) is 0 Å². The van der Waals surface area contributed by atoms with Crippen LogP contribution in [0.5, 0.6) is 0 Å². The molecule has 0 saturated heterocycles. The van der Waals surface area contributed by atoms with Gasteiger partial charge in [0.2, 0.25) is 0 Å². The fourth-order valence-electron chi connectivity index (χ4n) is 9.39. The van der Waals surface area contributed by atoms with Crippen LogP contribution in [0, 0.1) is 0 Å². The molecule has 444 valence electrons. The van der Waals surface area contributed by atoms with E-state index < -0.39 is 6.10 Å². The zero-order chi connectivity index (χ0) is 55.7. The summed E-state index contributed by atoms with van der Waals surface area (Å²) in [5, 5.41) is 0. The first-order valence-electron chi connectivity index (χ1n) is 33.1. The van der Waals surface area contributed by atoms with Crippen molar-refractivity contribution >= 4 is 17.9 Å². The summed E-state index contributed by atoms with van der Waals surface area (Å²) in [6, 6.07) is 0. The highest BCUT2D eigenvalue weighted by atomic mass is 16.6. The summed E-state index contributed by atoms with van der Waals surface area (Å²) in [7, 11) is 0. The molecular weight excluding hydrogens is 949 g/mol. The van der Waals surface area contributed by atoms with Crippen molar-refractivity contribution in [3.05, 3.63) is 85.1 Å². The molecule has 0 aromatic heterocycles. The molecule has 0 bridgehead atoms. The first-order chi connectivity index (χ1) is 38.0. The average molecular weight is 1070 g/mol. The number of ether oxygens (including phenoxy) is 3. The molecule has 0 saturated carbocycles. The Labute approximate surface area is 477 Å². The zero-order valence-corrected chi connectivity index (χ0v) is 51.0. The van der Waals surface area contributed by atoms with Crippen molar-refractivity contribution in [1.29, 1.82) is 0 Å².